The fourth-order valence-electron chi connectivity index (χ4n) is 2.41. The second-order valence-electron chi connectivity index (χ2n) is 4.81. The van der Waals surface area contributed by atoms with E-state index in [0.717, 1.165) is 28.7 Å². The summed E-state index contributed by atoms with van der Waals surface area (Å²) in [5.41, 5.74) is 5.56. The summed E-state index contributed by atoms with van der Waals surface area (Å²) < 4.78 is 0. The van der Waals surface area contributed by atoms with Crippen molar-refractivity contribution in [1.82, 2.24) is 0 Å². The number of hydrogen-bond acceptors (Lipinski definition) is 1. The van der Waals surface area contributed by atoms with Gasteiger partial charge in [0.25, 0.3) is 0 Å². The Morgan fingerprint density at radius 3 is 2.22 bits per heavy atom. The summed E-state index contributed by atoms with van der Waals surface area (Å²) in [6, 6.07) is 14.3. The molecule has 0 saturated carbocycles. The molecule has 0 bridgehead atoms. The normalized spacial score (nSPS) is 12.4. The van der Waals surface area contributed by atoms with Crippen LogP contribution in [0.1, 0.15) is 40.8 Å². The van der Waals surface area contributed by atoms with E-state index in [4.69, 9.17) is 0 Å². The molecule has 0 aliphatic carbocycles. The Bertz CT molecular complexity index is 523. The van der Waals surface area contributed by atoms with E-state index >= 15 is 0 Å². The summed E-state index contributed by atoms with van der Waals surface area (Å²) in [6.45, 7) is 6.23. The molecule has 1 N–H and O–H groups in total. The summed E-state index contributed by atoms with van der Waals surface area (Å²) >= 11 is 0. The standard InChI is InChI=1S/C17H20O/c1-4-14-9-6-10-15(11-14)17(18)16-12(2)7-5-8-13(16)3/h5-11,17-18H,4H2,1-3H3. The van der Waals surface area contributed by atoms with Gasteiger partial charge in [0.05, 0.1) is 0 Å². The van der Waals surface area contributed by atoms with E-state index in [2.05, 4.69) is 45.0 Å². The molecule has 94 valence electrons. The van der Waals surface area contributed by atoms with E-state index in [0.29, 0.717) is 0 Å². The lowest BCUT2D eigenvalue weighted by Gasteiger charge is -2.17. The molecule has 0 radical (unpaired) electrons. The summed E-state index contributed by atoms with van der Waals surface area (Å²) in [6.07, 6.45) is 0.463. The molecule has 2 aromatic carbocycles. The van der Waals surface area contributed by atoms with Gasteiger partial charge in [-0.2, -0.15) is 0 Å². The van der Waals surface area contributed by atoms with Crippen LogP contribution in [0.5, 0.6) is 0 Å². The maximum atomic E-state index is 10.6. The maximum absolute atomic E-state index is 10.6. The lowest BCUT2D eigenvalue weighted by Crippen LogP contribution is -2.04. The molecule has 1 unspecified atom stereocenters. The van der Waals surface area contributed by atoms with Crippen LogP contribution in [0.15, 0.2) is 42.5 Å². The zero-order valence-corrected chi connectivity index (χ0v) is 11.3. The minimum atomic E-state index is -0.530. The highest BCUT2D eigenvalue weighted by Crippen LogP contribution is 2.28. The first kappa shape index (κ1) is 12.8. The first-order valence-electron chi connectivity index (χ1n) is 6.46. The molecule has 0 aliphatic heterocycles. The smallest absolute Gasteiger partial charge is 0.105 e. The van der Waals surface area contributed by atoms with Crippen molar-refractivity contribution in [2.75, 3.05) is 0 Å². The highest BCUT2D eigenvalue weighted by molar-refractivity contribution is 5.41. The van der Waals surface area contributed by atoms with Crippen molar-refractivity contribution in [2.24, 2.45) is 0 Å². The summed E-state index contributed by atoms with van der Waals surface area (Å²) in [7, 11) is 0. The lowest BCUT2D eigenvalue weighted by molar-refractivity contribution is 0.218. The van der Waals surface area contributed by atoms with E-state index < -0.39 is 6.10 Å². The number of rotatable bonds is 3. The van der Waals surface area contributed by atoms with Gasteiger partial charge in [-0.05, 0) is 48.1 Å². The Hall–Kier alpha value is -1.60. The van der Waals surface area contributed by atoms with Crippen LogP contribution in [0.25, 0.3) is 0 Å². The highest BCUT2D eigenvalue weighted by atomic mass is 16.3. The monoisotopic (exact) mass is 240 g/mol. The molecule has 0 aliphatic rings. The molecule has 0 heterocycles. The Morgan fingerprint density at radius 1 is 1.00 bits per heavy atom. The fraction of sp³-hybridized carbons (Fsp3) is 0.294. The molecule has 0 saturated heterocycles. The second kappa shape index (κ2) is 5.36. The van der Waals surface area contributed by atoms with E-state index in [1.54, 1.807) is 0 Å². The summed E-state index contributed by atoms with van der Waals surface area (Å²) in [5.74, 6) is 0. The van der Waals surface area contributed by atoms with Gasteiger partial charge < -0.3 is 5.11 Å². The third-order valence-corrected chi connectivity index (χ3v) is 3.49. The minimum absolute atomic E-state index is 0.530. The van der Waals surface area contributed by atoms with Gasteiger partial charge in [-0.3, -0.25) is 0 Å². The largest absolute Gasteiger partial charge is 0.384 e. The van der Waals surface area contributed by atoms with Crippen molar-refractivity contribution in [3.05, 3.63) is 70.3 Å². The molecule has 0 amide bonds. The van der Waals surface area contributed by atoms with Gasteiger partial charge in [0.15, 0.2) is 0 Å². The number of aliphatic hydroxyl groups excluding tert-OH is 1. The summed E-state index contributed by atoms with van der Waals surface area (Å²) in [5, 5.41) is 10.6. The van der Waals surface area contributed by atoms with E-state index in [1.807, 2.05) is 18.2 Å². The quantitative estimate of drug-likeness (QED) is 0.861. The average molecular weight is 240 g/mol. The SMILES string of the molecule is CCc1cccc(C(O)c2c(C)cccc2C)c1. The third kappa shape index (κ3) is 2.46. The number of aryl methyl sites for hydroxylation is 3. The third-order valence-electron chi connectivity index (χ3n) is 3.49. The van der Waals surface area contributed by atoms with E-state index in [1.165, 1.54) is 5.56 Å². The molecule has 0 aromatic heterocycles. The molecular weight excluding hydrogens is 220 g/mol. The van der Waals surface area contributed by atoms with Crippen molar-refractivity contribution in [2.45, 2.75) is 33.3 Å². The predicted molar refractivity (Wildman–Crippen MR) is 75.8 cm³/mol. The van der Waals surface area contributed by atoms with E-state index in [9.17, 15) is 5.11 Å². The van der Waals surface area contributed by atoms with Crippen LogP contribution >= 0.6 is 0 Å². The first-order chi connectivity index (χ1) is 8.63. The highest BCUT2D eigenvalue weighted by Gasteiger charge is 2.15. The molecule has 0 spiro atoms. The van der Waals surface area contributed by atoms with Crippen LogP contribution in [0.3, 0.4) is 0 Å². The molecule has 2 aromatic rings. The minimum Gasteiger partial charge on any atom is -0.384 e. The van der Waals surface area contributed by atoms with Crippen molar-refractivity contribution in [3.63, 3.8) is 0 Å². The topological polar surface area (TPSA) is 20.2 Å². The van der Waals surface area contributed by atoms with Gasteiger partial charge in [0.1, 0.15) is 6.10 Å². The zero-order valence-electron chi connectivity index (χ0n) is 11.3. The van der Waals surface area contributed by atoms with Gasteiger partial charge in [0.2, 0.25) is 0 Å². The van der Waals surface area contributed by atoms with Gasteiger partial charge >= 0.3 is 0 Å². The van der Waals surface area contributed by atoms with Gasteiger partial charge in [-0.25, -0.2) is 0 Å². The van der Waals surface area contributed by atoms with Crippen LogP contribution < -0.4 is 0 Å². The number of benzene rings is 2. The average Bonchev–Trinajstić information content (AvgIpc) is 2.38. The van der Waals surface area contributed by atoms with Gasteiger partial charge in [0, 0.05) is 0 Å². The molecule has 2 rings (SSSR count). The molecule has 1 atom stereocenters. The molecule has 18 heavy (non-hydrogen) atoms. The molecular formula is C17H20O. The number of aliphatic hydroxyl groups is 1. The van der Waals surface area contributed by atoms with Crippen LogP contribution in [0.4, 0.5) is 0 Å². The van der Waals surface area contributed by atoms with E-state index in [-0.39, 0.29) is 0 Å². The predicted octanol–water partition coefficient (Wildman–Crippen LogP) is 3.95. The van der Waals surface area contributed by atoms with Gasteiger partial charge in [-0.15, -0.1) is 0 Å². The molecule has 0 fully saturated rings. The van der Waals surface area contributed by atoms with Gasteiger partial charge in [-0.1, -0.05) is 49.4 Å². The fourth-order valence-corrected chi connectivity index (χ4v) is 2.41. The van der Waals surface area contributed by atoms with Crippen LogP contribution in [0, 0.1) is 13.8 Å². The van der Waals surface area contributed by atoms with Crippen molar-refractivity contribution >= 4 is 0 Å². The molecule has 1 heteroatoms. The lowest BCUT2D eigenvalue weighted by atomic mass is 9.92. The Kier molecular flexibility index (Phi) is 3.83. The molecule has 1 nitrogen and oxygen atoms in total. The maximum Gasteiger partial charge on any atom is 0.105 e. The van der Waals surface area contributed by atoms with Crippen molar-refractivity contribution in [3.8, 4) is 0 Å². The van der Waals surface area contributed by atoms with Crippen molar-refractivity contribution in [1.29, 1.82) is 0 Å². The van der Waals surface area contributed by atoms with Crippen LogP contribution in [-0.2, 0) is 6.42 Å². The number of hydrogen-bond donors (Lipinski definition) is 1. The Morgan fingerprint density at radius 2 is 1.61 bits per heavy atom. The first-order valence-corrected chi connectivity index (χ1v) is 6.46. The summed E-state index contributed by atoms with van der Waals surface area (Å²) in [4.78, 5) is 0. The van der Waals surface area contributed by atoms with Crippen LogP contribution in [0.2, 0.25) is 0 Å². The Balaban J connectivity index is 2.44. The second-order valence-corrected chi connectivity index (χ2v) is 4.81. The van der Waals surface area contributed by atoms with Crippen LogP contribution in [-0.4, -0.2) is 5.11 Å². The Labute approximate surface area is 109 Å². The zero-order chi connectivity index (χ0) is 13.1. The van der Waals surface area contributed by atoms with Crippen molar-refractivity contribution < 1.29 is 5.11 Å².